The number of ether oxygens (including phenoxy) is 2. The van der Waals surface area contributed by atoms with Gasteiger partial charge in [-0.3, -0.25) is 14.4 Å². The maximum absolute atomic E-state index is 11.5. The summed E-state index contributed by atoms with van der Waals surface area (Å²) in [6.07, 6.45) is 1.20. The van der Waals surface area contributed by atoms with E-state index in [1.54, 1.807) is 6.92 Å². The van der Waals surface area contributed by atoms with E-state index in [0.29, 0.717) is 24.3 Å². The van der Waals surface area contributed by atoms with Gasteiger partial charge < -0.3 is 20.5 Å². The predicted molar refractivity (Wildman–Crippen MR) is 94.6 cm³/mol. The summed E-state index contributed by atoms with van der Waals surface area (Å²) in [5.74, 6) is -0.820. The first-order chi connectivity index (χ1) is 11.8. The lowest BCUT2D eigenvalue weighted by Gasteiger charge is -2.17. The molecule has 3 N–H and O–H groups in total. The lowest BCUT2D eigenvalue weighted by Crippen LogP contribution is -2.33. The largest absolute Gasteiger partial charge is 0.462 e. The van der Waals surface area contributed by atoms with Gasteiger partial charge in [-0.05, 0) is 20.3 Å². The van der Waals surface area contributed by atoms with Gasteiger partial charge in [-0.25, -0.2) is 4.79 Å². The first kappa shape index (κ1) is 23.0. The van der Waals surface area contributed by atoms with Gasteiger partial charge >= 0.3 is 11.9 Å². The van der Waals surface area contributed by atoms with Crippen LogP contribution in [0.25, 0.3) is 0 Å². The summed E-state index contributed by atoms with van der Waals surface area (Å²) >= 11 is 1.41. The van der Waals surface area contributed by atoms with Crippen molar-refractivity contribution in [3.63, 3.8) is 0 Å². The minimum Gasteiger partial charge on any atom is -0.462 e. The van der Waals surface area contributed by atoms with Crippen molar-refractivity contribution in [2.24, 2.45) is 11.7 Å². The summed E-state index contributed by atoms with van der Waals surface area (Å²) < 4.78 is 9.71. The summed E-state index contributed by atoms with van der Waals surface area (Å²) in [4.78, 5) is 44.4. The van der Waals surface area contributed by atoms with E-state index in [2.05, 4.69) is 11.9 Å². The molecule has 0 aromatic carbocycles. The molecule has 0 saturated carbocycles. The quantitative estimate of drug-likeness (QED) is 0.195. The highest BCUT2D eigenvalue weighted by molar-refractivity contribution is 7.99. The van der Waals surface area contributed by atoms with Gasteiger partial charge in [0.25, 0.3) is 0 Å². The SMILES string of the molecule is C=C(C)C(=O)OCCOC(=O)CCSCC(CC(C)NC=O)C(N)=O. The third-order valence-electron chi connectivity index (χ3n) is 3.09. The van der Waals surface area contributed by atoms with Crippen LogP contribution in [0.1, 0.15) is 26.7 Å². The van der Waals surface area contributed by atoms with Crippen molar-refractivity contribution in [3.8, 4) is 0 Å². The van der Waals surface area contributed by atoms with Crippen LogP contribution in [-0.4, -0.2) is 55.0 Å². The summed E-state index contributed by atoms with van der Waals surface area (Å²) in [7, 11) is 0. The maximum atomic E-state index is 11.5. The van der Waals surface area contributed by atoms with Gasteiger partial charge in [-0.1, -0.05) is 6.58 Å². The molecule has 2 amide bonds. The van der Waals surface area contributed by atoms with Crippen LogP contribution in [0.4, 0.5) is 0 Å². The normalized spacial score (nSPS) is 12.6. The molecule has 25 heavy (non-hydrogen) atoms. The van der Waals surface area contributed by atoms with Crippen LogP contribution >= 0.6 is 11.8 Å². The summed E-state index contributed by atoms with van der Waals surface area (Å²) in [6.45, 7) is 6.72. The lowest BCUT2D eigenvalue weighted by atomic mass is 10.0. The van der Waals surface area contributed by atoms with Crippen molar-refractivity contribution in [1.82, 2.24) is 5.32 Å². The average molecular weight is 374 g/mol. The van der Waals surface area contributed by atoms with Crippen LogP contribution in [0.3, 0.4) is 0 Å². The molecule has 0 aliphatic rings. The number of esters is 2. The molecule has 2 unspecified atom stereocenters. The second kappa shape index (κ2) is 13.3. The van der Waals surface area contributed by atoms with Gasteiger partial charge in [0.05, 0.1) is 6.42 Å². The molecule has 142 valence electrons. The van der Waals surface area contributed by atoms with Crippen molar-refractivity contribution >= 4 is 36.0 Å². The van der Waals surface area contributed by atoms with Crippen molar-refractivity contribution in [2.75, 3.05) is 24.7 Å². The third kappa shape index (κ3) is 12.0. The fraction of sp³-hybridized carbons (Fsp3) is 0.625. The Kier molecular flexibility index (Phi) is 12.2. The molecule has 0 saturated heterocycles. The number of nitrogens with one attached hydrogen (secondary N) is 1. The third-order valence-corrected chi connectivity index (χ3v) is 4.22. The monoisotopic (exact) mass is 374 g/mol. The van der Waals surface area contributed by atoms with E-state index >= 15 is 0 Å². The van der Waals surface area contributed by atoms with Crippen LogP contribution in [0, 0.1) is 5.92 Å². The van der Waals surface area contributed by atoms with Gasteiger partial charge in [0.1, 0.15) is 13.2 Å². The minimum absolute atomic E-state index is 0.0126. The van der Waals surface area contributed by atoms with Gasteiger partial charge in [0.15, 0.2) is 0 Å². The molecule has 8 nitrogen and oxygen atoms in total. The second-order valence-corrected chi connectivity index (χ2v) is 6.63. The number of primary amides is 1. The molecule has 0 aliphatic heterocycles. The topological polar surface area (TPSA) is 125 Å². The average Bonchev–Trinajstić information content (AvgIpc) is 2.54. The Balaban J connectivity index is 3.87. The van der Waals surface area contributed by atoms with E-state index in [4.69, 9.17) is 15.2 Å². The number of nitrogens with two attached hydrogens (primary N) is 1. The number of carbonyl (C=O) groups is 4. The molecule has 0 bridgehead atoms. The molecule has 0 rings (SSSR count). The Bertz CT molecular complexity index is 483. The zero-order valence-corrected chi connectivity index (χ0v) is 15.4. The molecule has 2 atom stereocenters. The Morgan fingerprint density at radius 3 is 2.48 bits per heavy atom. The molecule has 0 aromatic heterocycles. The van der Waals surface area contributed by atoms with Crippen molar-refractivity contribution in [1.29, 1.82) is 0 Å². The van der Waals surface area contributed by atoms with Crippen molar-refractivity contribution < 1.29 is 28.7 Å². The van der Waals surface area contributed by atoms with Crippen LogP contribution in [0.2, 0.25) is 0 Å². The highest BCUT2D eigenvalue weighted by atomic mass is 32.2. The van der Waals surface area contributed by atoms with E-state index in [0.717, 1.165) is 0 Å². The fourth-order valence-electron chi connectivity index (χ4n) is 1.74. The Morgan fingerprint density at radius 1 is 1.28 bits per heavy atom. The maximum Gasteiger partial charge on any atom is 0.333 e. The molecule has 9 heteroatoms. The molecule has 0 spiro atoms. The Hall–Kier alpha value is -2.03. The molecule has 0 heterocycles. The summed E-state index contributed by atoms with van der Waals surface area (Å²) in [5, 5.41) is 2.57. The van der Waals surface area contributed by atoms with Crippen molar-refractivity contribution in [3.05, 3.63) is 12.2 Å². The van der Waals surface area contributed by atoms with Gasteiger partial charge in [-0.15, -0.1) is 0 Å². The standard InChI is InChI=1S/C16H26N2O6S/c1-11(2)16(22)24-6-5-23-14(20)4-7-25-9-13(15(17)21)8-12(3)18-10-19/h10,12-13H,1,4-9H2,2-3H3,(H2,17,21)(H,18,19). The number of hydrogen-bond acceptors (Lipinski definition) is 7. The van der Waals surface area contributed by atoms with Crippen LogP contribution in [-0.2, 0) is 28.7 Å². The second-order valence-electron chi connectivity index (χ2n) is 5.48. The smallest absolute Gasteiger partial charge is 0.333 e. The lowest BCUT2D eigenvalue weighted by molar-refractivity contribution is -0.149. The fourth-order valence-corrected chi connectivity index (χ4v) is 2.81. The van der Waals surface area contributed by atoms with Gasteiger partial charge in [0.2, 0.25) is 12.3 Å². The Morgan fingerprint density at radius 2 is 1.92 bits per heavy atom. The van der Waals surface area contributed by atoms with Gasteiger partial charge in [-0.2, -0.15) is 11.8 Å². The molecule has 0 aromatic rings. The predicted octanol–water partition coefficient (Wildman–Crippen LogP) is 0.398. The molecule has 0 radical (unpaired) electrons. The van der Waals surface area contributed by atoms with E-state index in [9.17, 15) is 19.2 Å². The highest BCUT2D eigenvalue weighted by Crippen LogP contribution is 2.15. The Labute approximate surface area is 151 Å². The molecular formula is C16H26N2O6S. The number of thioether (sulfide) groups is 1. The molecule has 0 fully saturated rings. The zero-order chi connectivity index (χ0) is 19.2. The first-order valence-electron chi connectivity index (χ1n) is 7.82. The summed E-state index contributed by atoms with van der Waals surface area (Å²) in [6, 6.07) is -0.150. The van der Waals surface area contributed by atoms with Gasteiger partial charge in [0, 0.05) is 29.0 Å². The van der Waals surface area contributed by atoms with Crippen LogP contribution < -0.4 is 11.1 Å². The van der Waals surface area contributed by atoms with E-state index in [-0.39, 0.29) is 37.2 Å². The minimum atomic E-state index is -0.526. The molecular weight excluding hydrogens is 348 g/mol. The van der Waals surface area contributed by atoms with Crippen molar-refractivity contribution in [2.45, 2.75) is 32.7 Å². The summed E-state index contributed by atoms with van der Waals surface area (Å²) in [5.41, 5.74) is 5.62. The van der Waals surface area contributed by atoms with E-state index < -0.39 is 17.8 Å². The first-order valence-corrected chi connectivity index (χ1v) is 8.98. The van der Waals surface area contributed by atoms with E-state index in [1.165, 1.54) is 18.7 Å². The number of amides is 2. The van der Waals surface area contributed by atoms with Crippen LogP contribution in [0.15, 0.2) is 12.2 Å². The number of carbonyl (C=O) groups excluding carboxylic acids is 4. The highest BCUT2D eigenvalue weighted by Gasteiger charge is 2.18. The van der Waals surface area contributed by atoms with E-state index in [1.807, 2.05) is 0 Å². The number of rotatable bonds is 14. The zero-order valence-electron chi connectivity index (χ0n) is 14.6. The number of hydrogen-bond donors (Lipinski definition) is 2. The molecule has 0 aliphatic carbocycles. The van der Waals surface area contributed by atoms with Crippen LogP contribution in [0.5, 0.6) is 0 Å².